The fourth-order valence-electron chi connectivity index (χ4n) is 1.16. The summed E-state index contributed by atoms with van der Waals surface area (Å²) in [5.74, 6) is -2.21. The average Bonchev–Trinajstić information content (AvgIpc) is 2.23. The van der Waals surface area contributed by atoms with Crippen LogP contribution in [0.1, 0.15) is 32.1 Å². The standard InChI is InChI=1S/C10H18N2O5/c11-7(10(16)17)3-2-6-12-8(13)4-1-5-9(14)15/h7H,1-6,11H2,(H,12,13)(H,14,15)(H,16,17)/t7-/m0/s1. The van der Waals surface area contributed by atoms with Crippen molar-refractivity contribution in [3.05, 3.63) is 0 Å². The summed E-state index contributed by atoms with van der Waals surface area (Å²) in [6.45, 7) is 0.354. The fraction of sp³-hybridized carbons (Fsp3) is 0.700. The summed E-state index contributed by atoms with van der Waals surface area (Å²) in [5, 5.41) is 19.4. The van der Waals surface area contributed by atoms with Crippen molar-refractivity contribution in [2.24, 2.45) is 5.73 Å². The van der Waals surface area contributed by atoms with Crippen LogP contribution < -0.4 is 11.1 Å². The van der Waals surface area contributed by atoms with Crippen LogP contribution in [0.25, 0.3) is 0 Å². The molecule has 0 aromatic carbocycles. The van der Waals surface area contributed by atoms with Gasteiger partial charge in [-0.05, 0) is 19.3 Å². The van der Waals surface area contributed by atoms with Gasteiger partial charge in [0.05, 0.1) is 0 Å². The Bertz CT molecular complexity index is 280. The van der Waals surface area contributed by atoms with Crippen LogP contribution in [0.15, 0.2) is 0 Å². The van der Waals surface area contributed by atoms with Crippen molar-refractivity contribution >= 4 is 17.8 Å². The Morgan fingerprint density at radius 2 is 1.76 bits per heavy atom. The minimum Gasteiger partial charge on any atom is -0.481 e. The molecule has 1 atom stereocenters. The van der Waals surface area contributed by atoms with E-state index in [0.717, 1.165) is 0 Å². The number of rotatable bonds is 9. The zero-order valence-corrected chi connectivity index (χ0v) is 9.52. The summed E-state index contributed by atoms with van der Waals surface area (Å²) >= 11 is 0. The molecule has 98 valence electrons. The molecule has 0 rings (SSSR count). The molecule has 0 aromatic heterocycles. The van der Waals surface area contributed by atoms with Gasteiger partial charge < -0.3 is 21.3 Å². The number of aliphatic carboxylic acids is 2. The molecule has 0 unspecified atom stereocenters. The minimum atomic E-state index is -1.06. The van der Waals surface area contributed by atoms with Crippen LogP contribution in [-0.2, 0) is 14.4 Å². The number of nitrogens with two attached hydrogens (primary N) is 1. The molecule has 0 radical (unpaired) electrons. The highest BCUT2D eigenvalue weighted by Gasteiger charge is 2.10. The third kappa shape index (κ3) is 9.31. The van der Waals surface area contributed by atoms with Gasteiger partial charge in [-0.3, -0.25) is 14.4 Å². The molecule has 0 saturated carbocycles. The fourth-order valence-corrected chi connectivity index (χ4v) is 1.16. The van der Waals surface area contributed by atoms with E-state index in [9.17, 15) is 14.4 Å². The van der Waals surface area contributed by atoms with Crippen molar-refractivity contribution in [1.82, 2.24) is 5.32 Å². The van der Waals surface area contributed by atoms with Gasteiger partial charge in [-0.15, -0.1) is 0 Å². The zero-order valence-electron chi connectivity index (χ0n) is 9.52. The van der Waals surface area contributed by atoms with Crippen molar-refractivity contribution in [3.8, 4) is 0 Å². The number of hydrogen-bond acceptors (Lipinski definition) is 4. The third-order valence-corrected chi connectivity index (χ3v) is 2.13. The van der Waals surface area contributed by atoms with E-state index in [2.05, 4.69) is 5.32 Å². The van der Waals surface area contributed by atoms with Gasteiger partial charge in [0.1, 0.15) is 6.04 Å². The lowest BCUT2D eigenvalue weighted by Crippen LogP contribution is -2.32. The molecule has 0 aliphatic heterocycles. The molecule has 5 N–H and O–H groups in total. The van der Waals surface area contributed by atoms with Crippen molar-refractivity contribution in [2.45, 2.75) is 38.1 Å². The van der Waals surface area contributed by atoms with Gasteiger partial charge in [0, 0.05) is 19.4 Å². The second-order valence-electron chi connectivity index (χ2n) is 3.68. The molecule has 1 amide bonds. The Hall–Kier alpha value is -1.63. The van der Waals surface area contributed by atoms with E-state index in [0.29, 0.717) is 25.8 Å². The first kappa shape index (κ1) is 15.4. The topological polar surface area (TPSA) is 130 Å². The molecule has 0 aliphatic rings. The molecule has 7 nitrogen and oxygen atoms in total. The van der Waals surface area contributed by atoms with Crippen LogP contribution in [0.3, 0.4) is 0 Å². The lowest BCUT2D eigenvalue weighted by atomic mass is 10.1. The maximum Gasteiger partial charge on any atom is 0.320 e. The summed E-state index contributed by atoms with van der Waals surface area (Å²) in [6, 6.07) is -0.904. The molecule has 0 aromatic rings. The molecule has 0 fully saturated rings. The van der Waals surface area contributed by atoms with Gasteiger partial charge in [-0.2, -0.15) is 0 Å². The van der Waals surface area contributed by atoms with Gasteiger partial charge in [0.2, 0.25) is 5.91 Å². The maximum atomic E-state index is 11.2. The lowest BCUT2D eigenvalue weighted by molar-refractivity contribution is -0.139. The van der Waals surface area contributed by atoms with Gasteiger partial charge in [-0.1, -0.05) is 0 Å². The van der Waals surface area contributed by atoms with Crippen molar-refractivity contribution in [3.63, 3.8) is 0 Å². The van der Waals surface area contributed by atoms with Gasteiger partial charge in [0.15, 0.2) is 0 Å². The van der Waals surface area contributed by atoms with Crippen LogP contribution in [0.2, 0.25) is 0 Å². The minimum absolute atomic E-state index is 0.0304. The molecular weight excluding hydrogens is 228 g/mol. The van der Waals surface area contributed by atoms with E-state index < -0.39 is 18.0 Å². The summed E-state index contributed by atoms with van der Waals surface area (Å²) in [5.41, 5.74) is 5.27. The number of carbonyl (C=O) groups excluding carboxylic acids is 1. The number of carboxylic acids is 2. The quantitative estimate of drug-likeness (QED) is 0.408. The van der Waals surface area contributed by atoms with Gasteiger partial charge in [0.25, 0.3) is 0 Å². The lowest BCUT2D eigenvalue weighted by Gasteiger charge is -2.07. The van der Waals surface area contributed by atoms with Crippen LogP contribution in [0, 0.1) is 0 Å². The third-order valence-electron chi connectivity index (χ3n) is 2.13. The van der Waals surface area contributed by atoms with Crippen molar-refractivity contribution < 1.29 is 24.6 Å². The second-order valence-corrected chi connectivity index (χ2v) is 3.68. The molecule has 0 spiro atoms. The monoisotopic (exact) mass is 246 g/mol. The Morgan fingerprint density at radius 3 is 2.29 bits per heavy atom. The highest BCUT2D eigenvalue weighted by molar-refractivity contribution is 5.76. The van der Waals surface area contributed by atoms with E-state index in [1.807, 2.05) is 0 Å². The zero-order chi connectivity index (χ0) is 13.3. The Kier molecular flexibility index (Phi) is 7.70. The van der Waals surface area contributed by atoms with Crippen LogP contribution >= 0.6 is 0 Å². The van der Waals surface area contributed by atoms with E-state index in [1.54, 1.807) is 0 Å². The predicted octanol–water partition coefficient (Wildman–Crippen LogP) is -0.450. The molecule has 0 heterocycles. The van der Waals surface area contributed by atoms with Crippen LogP contribution in [0.4, 0.5) is 0 Å². The molecule has 7 heteroatoms. The number of carboxylic acid groups (broad SMARTS) is 2. The smallest absolute Gasteiger partial charge is 0.320 e. The highest BCUT2D eigenvalue weighted by Crippen LogP contribution is 1.96. The summed E-state index contributed by atoms with van der Waals surface area (Å²) in [4.78, 5) is 31.7. The molecule has 0 aliphatic carbocycles. The number of amides is 1. The number of nitrogens with one attached hydrogen (secondary N) is 1. The summed E-state index contributed by atoms with van der Waals surface area (Å²) in [7, 11) is 0. The average molecular weight is 246 g/mol. The first-order chi connectivity index (χ1) is 7.93. The van der Waals surface area contributed by atoms with E-state index >= 15 is 0 Å². The van der Waals surface area contributed by atoms with E-state index in [4.69, 9.17) is 15.9 Å². The number of hydrogen-bond donors (Lipinski definition) is 4. The summed E-state index contributed by atoms with van der Waals surface area (Å²) in [6.07, 6.45) is 1.22. The Labute approximate surface area is 99.0 Å². The second kappa shape index (κ2) is 8.51. The van der Waals surface area contributed by atoms with Crippen molar-refractivity contribution in [2.75, 3.05) is 6.54 Å². The summed E-state index contributed by atoms with van der Waals surface area (Å²) < 4.78 is 0. The predicted molar refractivity (Wildman–Crippen MR) is 59.3 cm³/mol. The van der Waals surface area contributed by atoms with E-state index in [-0.39, 0.29) is 18.7 Å². The SMILES string of the molecule is N[C@@H](CCCNC(=O)CCCC(=O)O)C(=O)O. The van der Waals surface area contributed by atoms with Crippen LogP contribution in [0.5, 0.6) is 0 Å². The first-order valence-electron chi connectivity index (χ1n) is 5.40. The van der Waals surface area contributed by atoms with Gasteiger partial charge >= 0.3 is 11.9 Å². The van der Waals surface area contributed by atoms with Gasteiger partial charge in [-0.25, -0.2) is 0 Å². The molecular formula is C10H18N2O5. The maximum absolute atomic E-state index is 11.2. The normalized spacial score (nSPS) is 11.8. The largest absolute Gasteiger partial charge is 0.481 e. The number of carbonyl (C=O) groups is 3. The highest BCUT2D eigenvalue weighted by atomic mass is 16.4. The molecule has 17 heavy (non-hydrogen) atoms. The van der Waals surface area contributed by atoms with Crippen molar-refractivity contribution in [1.29, 1.82) is 0 Å². The molecule has 0 saturated heterocycles. The molecule has 0 bridgehead atoms. The Morgan fingerprint density at radius 1 is 1.12 bits per heavy atom. The van der Waals surface area contributed by atoms with Crippen LogP contribution in [-0.4, -0.2) is 40.6 Å². The Balaban J connectivity index is 3.45. The van der Waals surface area contributed by atoms with E-state index in [1.165, 1.54) is 0 Å². The first-order valence-corrected chi connectivity index (χ1v) is 5.40.